The van der Waals surface area contributed by atoms with Crippen LogP contribution in [0.4, 0.5) is 0 Å². The molecule has 56 valence electrons. The third kappa shape index (κ3) is 0.988. The van der Waals surface area contributed by atoms with Crippen LogP contribution < -0.4 is 5.32 Å². The zero-order valence-corrected chi connectivity index (χ0v) is 6.87. The van der Waals surface area contributed by atoms with Crippen molar-refractivity contribution >= 4 is 27.7 Å². The van der Waals surface area contributed by atoms with Gasteiger partial charge >= 0.3 is 0 Å². The summed E-state index contributed by atoms with van der Waals surface area (Å²) in [5.41, 5.74) is 0.431. The Morgan fingerprint density at radius 2 is 2.45 bits per heavy atom. The minimum absolute atomic E-state index is 0.193. The lowest BCUT2D eigenvalue weighted by Crippen LogP contribution is -2.36. The van der Waals surface area contributed by atoms with E-state index in [4.69, 9.17) is 0 Å². The number of hydrogen-bond acceptors (Lipinski definition) is 4. The van der Waals surface area contributed by atoms with Crippen LogP contribution >= 0.6 is 15.9 Å². The molecular formula is C5H3BrN4O. The summed E-state index contributed by atoms with van der Waals surface area (Å²) in [4.78, 5) is 15.0. The van der Waals surface area contributed by atoms with E-state index in [2.05, 4.69) is 36.5 Å². The molecule has 0 saturated heterocycles. The average molecular weight is 215 g/mol. The molecule has 0 radical (unpaired) electrons. The number of rotatable bonds is 0. The van der Waals surface area contributed by atoms with E-state index in [1.54, 1.807) is 0 Å². The largest absolute Gasteiger partial charge is 0.321 e. The Hall–Kier alpha value is -1.04. The van der Waals surface area contributed by atoms with Crippen LogP contribution in [0, 0.1) is 0 Å². The molecule has 0 fully saturated rings. The monoisotopic (exact) mass is 214 g/mol. The van der Waals surface area contributed by atoms with Gasteiger partial charge in [-0.3, -0.25) is 4.79 Å². The summed E-state index contributed by atoms with van der Waals surface area (Å²) in [6, 6.07) is 0. The van der Waals surface area contributed by atoms with Crippen LogP contribution in [-0.2, 0) is 4.79 Å². The lowest BCUT2D eigenvalue weighted by atomic mass is 10.2. The molecule has 1 unspecified atom stereocenters. The number of amidine groups is 1. The van der Waals surface area contributed by atoms with Crippen LogP contribution in [0.15, 0.2) is 27.0 Å². The van der Waals surface area contributed by atoms with Gasteiger partial charge in [0.2, 0.25) is 0 Å². The molecule has 0 aliphatic carbocycles. The third-order valence-electron chi connectivity index (χ3n) is 1.31. The van der Waals surface area contributed by atoms with Crippen molar-refractivity contribution in [2.24, 2.45) is 15.2 Å². The van der Waals surface area contributed by atoms with E-state index in [1.165, 1.54) is 6.20 Å². The highest BCUT2D eigenvalue weighted by Crippen LogP contribution is 2.16. The van der Waals surface area contributed by atoms with Crippen LogP contribution in [0.3, 0.4) is 0 Å². The van der Waals surface area contributed by atoms with Crippen molar-refractivity contribution in [1.82, 2.24) is 5.32 Å². The second-order valence-electron chi connectivity index (χ2n) is 2.02. The maximum atomic E-state index is 11.1. The molecule has 0 saturated carbocycles. The zero-order valence-electron chi connectivity index (χ0n) is 5.28. The molecule has 5 nitrogen and oxygen atoms in total. The molecule has 0 bridgehead atoms. The molecule has 0 aromatic heterocycles. The number of nitrogens with zero attached hydrogens (tertiary/aromatic N) is 3. The van der Waals surface area contributed by atoms with Gasteiger partial charge in [0, 0.05) is 0 Å². The fraction of sp³-hybridized carbons (Fsp3) is 0.200. The molecule has 6 heteroatoms. The number of fused-ring (bicyclic) bond motifs is 1. The number of alkyl halides is 1. The number of amides is 1. The van der Waals surface area contributed by atoms with Gasteiger partial charge in [0.05, 0.1) is 6.20 Å². The Bertz CT molecular complexity index is 306. The predicted molar refractivity (Wildman–Crippen MR) is 41.2 cm³/mol. The Morgan fingerprint density at radius 1 is 1.64 bits per heavy atom. The van der Waals surface area contributed by atoms with Crippen molar-refractivity contribution in [3.8, 4) is 0 Å². The van der Waals surface area contributed by atoms with E-state index in [1.807, 2.05) is 0 Å². The zero-order chi connectivity index (χ0) is 7.84. The Kier molecular flexibility index (Phi) is 1.35. The summed E-state index contributed by atoms with van der Waals surface area (Å²) in [7, 11) is 0. The minimum atomic E-state index is -0.376. The van der Waals surface area contributed by atoms with Gasteiger partial charge in [-0.15, -0.1) is 5.11 Å². The van der Waals surface area contributed by atoms with Crippen molar-refractivity contribution in [3.05, 3.63) is 11.8 Å². The molecule has 0 aromatic carbocycles. The number of halogens is 1. The fourth-order valence-electron chi connectivity index (χ4n) is 0.834. The van der Waals surface area contributed by atoms with Crippen molar-refractivity contribution in [2.75, 3.05) is 0 Å². The lowest BCUT2D eigenvalue weighted by molar-refractivity contribution is -0.117. The number of azo groups is 1. The van der Waals surface area contributed by atoms with E-state index in [0.29, 0.717) is 11.4 Å². The molecule has 1 atom stereocenters. The molecule has 2 rings (SSSR count). The van der Waals surface area contributed by atoms with E-state index in [0.717, 1.165) is 0 Å². The maximum Gasteiger partial charge on any atom is 0.259 e. The SMILES string of the molecule is O=C1NC(Br)N=C2N=NC=C12. The molecular weight excluding hydrogens is 212 g/mol. The first-order valence-corrected chi connectivity index (χ1v) is 3.83. The highest BCUT2D eigenvalue weighted by atomic mass is 79.9. The average Bonchev–Trinajstić information content (AvgIpc) is 2.34. The normalized spacial score (nSPS) is 27.4. The van der Waals surface area contributed by atoms with Crippen molar-refractivity contribution in [3.63, 3.8) is 0 Å². The van der Waals surface area contributed by atoms with Gasteiger partial charge in [-0.25, -0.2) is 4.99 Å². The van der Waals surface area contributed by atoms with Crippen molar-refractivity contribution < 1.29 is 4.79 Å². The van der Waals surface area contributed by atoms with Gasteiger partial charge in [-0.2, -0.15) is 5.11 Å². The first-order chi connectivity index (χ1) is 5.27. The van der Waals surface area contributed by atoms with Crippen LogP contribution in [-0.4, -0.2) is 16.8 Å². The van der Waals surface area contributed by atoms with E-state index in [-0.39, 0.29) is 11.0 Å². The maximum absolute atomic E-state index is 11.1. The summed E-state index contributed by atoms with van der Waals surface area (Å²) >= 11 is 3.12. The van der Waals surface area contributed by atoms with Gasteiger partial charge in [0.15, 0.2) is 10.9 Å². The van der Waals surface area contributed by atoms with Crippen LogP contribution in [0.1, 0.15) is 0 Å². The summed E-state index contributed by atoms with van der Waals surface area (Å²) in [6.45, 7) is 0. The van der Waals surface area contributed by atoms with Crippen molar-refractivity contribution in [2.45, 2.75) is 5.08 Å². The standard InChI is InChI=1S/C5H3BrN4O/c6-5-8-3-2(1-7-10-3)4(11)9-5/h1,5H,(H,9,11). The molecule has 11 heavy (non-hydrogen) atoms. The second kappa shape index (κ2) is 2.23. The number of aliphatic imine (C=N–C) groups is 1. The molecule has 2 aliphatic heterocycles. The molecule has 1 N–H and O–H groups in total. The molecule has 1 amide bonds. The summed E-state index contributed by atoms with van der Waals surface area (Å²) in [5, 5.41) is 9.39. The van der Waals surface area contributed by atoms with Crippen LogP contribution in [0.2, 0.25) is 0 Å². The molecule has 2 aliphatic rings. The van der Waals surface area contributed by atoms with Gasteiger partial charge in [0.25, 0.3) is 5.91 Å². The Balaban J connectivity index is 2.45. The number of hydrogen-bond donors (Lipinski definition) is 1. The number of carbonyl (C=O) groups is 1. The lowest BCUT2D eigenvalue weighted by Gasteiger charge is -2.13. The Labute approximate surface area is 70.4 Å². The molecule has 0 spiro atoms. The highest BCUT2D eigenvalue weighted by Gasteiger charge is 2.26. The van der Waals surface area contributed by atoms with E-state index < -0.39 is 0 Å². The van der Waals surface area contributed by atoms with Crippen LogP contribution in [0.5, 0.6) is 0 Å². The molecule has 2 heterocycles. The summed E-state index contributed by atoms with van der Waals surface area (Å²) in [5.74, 6) is 0.206. The van der Waals surface area contributed by atoms with E-state index >= 15 is 0 Å². The van der Waals surface area contributed by atoms with E-state index in [9.17, 15) is 4.79 Å². The predicted octanol–water partition coefficient (Wildman–Crippen LogP) is 0.543. The third-order valence-corrected chi connectivity index (χ3v) is 1.74. The minimum Gasteiger partial charge on any atom is -0.321 e. The number of nitrogens with one attached hydrogen (secondary N) is 1. The van der Waals surface area contributed by atoms with Gasteiger partial charge in [0.1, 0.15) is 5.57 Å². The summed E-state index contributed by atoms with van der Waals surface area (Å²) < 4.78 is 0. The fourth-order valence-corrected chi connectivity index (χ4v) is 1.24. The summed E-state index contributed by atoms with van der Waals surface area (Å²) in [6.07, 6.45) is 1.40. The van der Waals surface area contributed by atoms with Gasteiger partial charge in [-0.05, 0) is 15.9 Å². The number of carbonyl (C=O) groups excluding carboxylic acids is 1. The first kappa shape index (κ1) is 6.66. The Morgan fingerprint density at radius 3 is 3.27 bits per heavy atom. The van der Waals surface area contributed by atoms with Gasteiger partial charge < -0.3 is 5.32 Å². The highest BCUT2D eigenvalue weighted by molar-refractivity contribution is 9.09. The van der Waals surface area contributed by atoms with Gasteiger partial charge in [-0.1, -0.05) is 0 Å². The van der Waals surface area contributed by atoms with Crippen molar-refractivity contribution in [1.29, 1.82) is 0 Å². The smallest absolute Gasteiger partial charge is 0.259 e. The topological polar surface area (TPSA) is 66.2 Å². The molecule has 0 aromatic rings. The van der Waals surface area contributed by atoms with Crippen LogP contribution in [0.25, 0.3) is 0 Å². The first-order valence-electron chi connectivity index (χ1n) is 2.91. The quantitative estimate of drug-likeness (QED) is 0.465. The second-order valence-corrected chi connectivity index (χ2v) is 2.89.